The van der Waals surface area contributed by atoms with Crippen molar-refractivity contribution in [3.8, 4) is 5.75 Å². The van der Waals surface area contributed by atoms with Gasteiger partial charge in [-0.15, -0.1) is 0 Å². The number of hydrogen-bond acceptors (Lipinski definition) is 4. The number of halogens is 1. The number of hydrogen-bond donors (Lipinski definition) is 2. The fourth-order valence-electron chi connectivity index (χ4n) is 3.80. The van der Waals surface area contributed by atoms with Crippen molar-refractivity contribution in [3.05, 3.63) is 101 Å². The zero-order valence-electron chi connectivity index (χ0n) is 19.6. The van der Waals surface area contributed by atoms with Crippen molar-refractivity contribution in [3.63, 3.8) is 0 Å². The lowest BCUT2D eigenvalue weighted by Gasteiger charge is -2.27. The van der Waals surface area contributed by atoms with Gasteiger partial charge in [-0.3, -0.25) is 9.59 Å². The Morgan fingerprint density at radius 1 is 0.941 bits per heavy atom. The van der Waals surface area contributed by atoms with Gasteiger partial charge < -0.3 is 20.3 Å². The third-order valence-electron chi connectivity index (χ3n) is 5.63. The third kappa shape index (κ3) is 6.59. The van der Waals surface area contributed by atoms with Crippen molar-refractivity contribution in [2.24, 2.45) is 0 Å². The van der Waals surface area contributed by atoms with Crippen LogP contribution in [-0.4, -0.2) is 44.5 Å². The Kier molecular flexibility index (Phi) is 9.08. The van der Waals surface area contributed by atoms with Crippen LogP contribution in [0.25, 0.3) is 0 Å². The highest BCUT2D eigenvalue weighted by Crippen LogP contribution is 2.27. The molecule has 0 heterocycles. The molecule has 2 amide bonds. The summed E-state index contributed by atoms with van der Waals surface area (Å²) in [4.78, 5) is 27.9. The molecule has 0 bridgehead atoms. The van der Waals surface area contributed by atoms with E-state index in [2.05, 4.69) is 10.6 Å². The predicted octanol–water partition coefficient (Wildman–Crippen LogP) is 4.63. The average Bonchev–Trinajstić information content (AvgIpc) is 2.84. The fraction of sp³-hybridized carbons (Fsp3) is 0.259. The van der Waals surface area contributed by atoms with Gasteiger partial charge in [-0.1, -0.05) is 72.3 Å². The van der Waals surface area contributed by atoms with Crippen LogP contribution in [0.4, 0.5) is 0 Å². The summed E-state index contributed by atoms with van der Waals surface area (Å²) in [5, 5.41) is 6.35. The summed E-state index contributed by atoms with van der Waals surface area (Å²) in [6.45, 7) is 0.395. The number of rotatable bonds is 10. The summed E-state index contributed by atoms with van der Waals surface area (Å²) >= 11 is 6.20. The minimum absolute atomic E-state index is 0.0759. The molecule has 2 unspecified atom stereocenters. The molecule has 0 aromatic heterocycles. The molecule has 7 heteroatoms. The monoisotopic (exact) mass is 479 g/mol. The second-order valence-corrected chi connectivity index (χ2v) is 8.55. The van der Waals surface area contributed by atoms with E-state index >= 15 is 0 Å². The van der Waals surface area contributed by atoms with Gasteiger partial charge >= 0.3 is 0 Å². The lowest BCUT2D eigenvalue weighted by Crippen LogP contribution is -2.37. The molecule has 3 aromatic rings. The van der Waals surface area contributed by atoms with Gasteiger partial charge in [-0.25, -0.2) is 0 Å². The number of nitrogens with one attached hydrogen (secondary N) is 2. The van der Waals surface area contributed by atoms with Crippen LogP contribution in [-0.2, 0) is 4.79 Å². The highest BCUT2D eigenvalue weighted by atomic mass is 35.5. The highest BCUT2D eigenvalue weighted by Gasteiger charge is 2.23. The molecule has 2 N–H and O–H groups in total. The maximum absolute atomic E-state index is 13.0. The molecule has 3 aromatic carbocycles. The lowest BCUT2D eigenvalue weighted by atomic mass is 10.0. The van der Waals surface area contributed by atoms with Crippen molar-refractivity contribution < 1.29 is 14.3 Å². The van der Waals surface area contributed by atoms with Crippen molar-refractivity contribution in [2.45, 2.75) is 18.5 Å². The first-order chi connectivity index (χ1) is 16.4. The predicted molar refractivity (Wildman–Crippen MR) is 135 cm³/mol. The third-order valence-corrected chi connectivity index (χ3v) is 5.96. The van der Waals surface area contributed by atoms with Gasteiger partial charge in [0, 0.05) is 12.1 Å². The van der Waals surface area contributed by atoms with E-state index in [1.165, 1.54) is 0 Å². The molecule has 0 aliphatic carbocycles. The first kappa shape index (κ1) is 25.3. The smallest absolute Gasteiger partial charge is 0.253 e. The topological polar surface area (TPSA) is 70.7 Å². The van der Waals surface area contributed by atoms with Crippen LogP contribution in [0.2, 0.25) is 5.02 Å². The van der Waals surface area contributed by atoms with Crippen LogP contribution in [0.1, 0.15) is 40.0 Å². The molecule has 0 aliphatic heterocycles. The molecular weight excluding hydrogens is 450 g/mol. The summed E-state index contributed by atoms with van der Waals surface area (Å²) in [5.41, 5.74) is 2.20. The lowest BCUT2D eigenvalue weighted by molar-refractivity contribution is -0.121. The normalized spacial score (nSPS) is 12.6. The number of amides is 2. The standard InChI is InChI=1S/C27H30ClN3O3/c1-31(2)24(21-14-8-10-16-25(21)34-3)18-29-26(32)17-23(19-11-5-4-6-12-19)30-27(33)20-13-7-9-15-22(20)28/h4-16,23-24H,17-18H2,1-3H3,(H,29,32)(H,30,33). The van der Waals surface area contributed by atoms with Crippen molar-refractivity contribution in [1.82, 2.24) is 15.5 Å². The van der Waals surface area contributed by atoms with Gasteiger partial charge in [-0.2, -0.15) is 0 Å². The molecule has 178 valence electrons. The number of carbonyl (C=O) groups excluding carboxylic acids is 2. The van der Waals surface area contributed by atoms with E-state index in [0.29, 0.717) is 17.1 Å². The van der Waals surface area contributed by atoms with Crippen molar-refractivity contribution in [2.75, 3.05) is 27.7 Å². The van der Waals surface area contributed by atoms with Gasteiger partial charge in [0.05, 0.1) is 36.2 Å². The molecule has 34 heavy (non-hydrogen) atoms. The van der Waals surface area contributed by atoms with Gasteiger partial charge in [0.15, 0.2) is 0 Å². The number of carbonyl (C=O) groups is 2. The Hall–Kier alpha value is -3.35. The number of benzene rings is 3. The van der Waals surface area contributed by atoms with Crippen molar-refractivity contribution in [1.29, 1.82) is 0 Å². The van der Waals surface area contributed by atoms with Gasteiger partial charge in [-0.05, 0) is 37.9 Å². The minimum atomic E-state index is -0.506. The van der Waals surface area contributed by atoms with Crippen molar-refractivity contribution >= 4 is 23.4 Å². The number of likely N-dealkylation sites (N-methyl/N-ethyl adjacent to an activating group) is 1. The summed E-state index contributed by atoms with van der Waals surface area (Å²) in [6.07, 6.45) is 0.0896. The van der Waals surface area contributed by atoms with Crippen LogP contribution in [0.3, 0.4) is 0 Å². The molecule has 3 rings (SSSR count). The number of ether oxygens (including phenoxy) is 1. The quantitative estimate of drug-likeness (QED) is 0.445. The minimum Gasteiger partial charge on any atom is -0.496 e. The Balaban J connectivity index is 1.72. The molecule has 6 nitrogen and oxygen atoms in total. The van der Waals surface area contributed by atoms with E-state index in [-0.39, 0.29) is 24.3 Å². The van der Waals surface area contributed by atoms with Gasteiger partial charge in [0.1, 0.15) is 5.75 Å². The summed E-state index contributed by atoms with van der Waals surface area (Å²) in [6, 6.07) is 23.5. The number of nitrogens with zero attached hydrogens (tertiary/aromatic N) is 1. The van der Waals surface area contributed by atoms with Crippen LogP contribution in [0.5, 0.6) is 5.75 Å². The van der Waals surface area contributed by atoms with E-state index in [1.807, 2.05) is 73.6 Å². The summed E-state index contributed by atoms with van der Waals surface area (Å²) in [7, 11) is 5.55. The van der Waals surface area contributed by atoms with Crippen LogP contribution in [0.15, 0.2) is 78.9 Å². The molecule has 0 saturated heterocycles. The van der Waals surface area contributed by atoms with E-state index in [1.54, 1.807) is 31.4 Å². The first-order valence-corrected chi connectivity index (χ1v) is 11.4. The molecule has 0 spiro atoms. The molecular formula is C27H30ClN3O3. The first-order valence-electron chi connectivity index (χ1n) is 11.1. The van der Waals surface area contributed by atoms with E-state index < -0.39 is 6.04 Å². The van der Waals surface area contributed by atoms with Crippen LogP contribution in [0, 0.1) is 0 Å². The Morgan fingerprint density at radius 3 is 2.26 bits per heavy atom. The maximum atomic E-state index is 13.0. The number of para-hydroxylation sites is 1. The maximum Gasteiger partial charge on any atom is 0.253 e. The largest absolute Gasteiger partial charge is 0.496 e. The van der Waals surface area contributed by atoms with Crippen LogP contribution < -0.4 is 15.4 Å². The van der Waals surface area contributed by atoms with E-state index in [9.17, 15) is 9.59 Å². The average molecular weight is 480 g/mol. The second kappa shape index (κ2) is 12.2. The SMILES string of the molecule is COc1ccccc1C(CNC(=O)CC(NC(=O)c1ccccc1Cl)c1ccccc1)N(C)C. The second-order valence-electron chi connectivity index (χ2n) is 8.15. The molecule has 0 fully saturated rings. The molecule has 0 aliphatic rings. The van der Waals surface area contributed by atoms with E-state index in [0.717, 1.165) is 16.9 Å². The molecule has 0 radical (unpaired) electrons. The molecule has 0 saturated carbocycles. The van der Waals surface area contributed by atoms with Crippen LogP contribution >= 0.6 is 11.6 Å². The Bertz CT molecular complexity index is 1110. The Morgan fingerprint density at radius 2 is 1.59 bits per heavy atom. The highest BCUT2D eigenvalue weighted by molar-refractivity contribution is 6.33. The number of methoxy groups -OCH3 is 1. The van der Waals surface area contributed by atoms with E-state index in [4.69, 9.17) is 16.3 Å². The zero-order valence-corrected chi connectivity index (χ0v) is 20.4. The Labute approximate surface area is 205 Å². The summed E-state index contributed by atoms with van der Waals surface area (Å²) in [5.74, 6) is 0.270. The van der Waals surface area contributed by atoms with Gasteiger partial charge in [0.25, 0.3) is 5.91 Å². The zero-order chi connectivity index (χ0) is 24.5. The summed E-state index contributed by atoms with van der Waals surface area (Å²) < 4.78 is 5.50. The molecule has 2 atom stereocenters. The fourth-order valence-corrected chi connectivity index (χ4v) is 4.02. The van der Waals surface area contributed by atoms with Gasteiger partial charge in [0.2, 0.25) is 5.91 Å².